The summed E-state index contributed by atoms with van der Waals surface area (Å²) in [6.07, 6.45) is 0. The number of carbonyl (C=O) groups excluding carboxylic acids is 1. The molecule has 3 aromatic rings. The molecule has 0 saturated heterocycles. The van der Waals surface area contributed by atoms with Crippen LogP contribution >= 0.6 is 11.3 Å². The summed E-state index contributed by atoms with van der Waals surface area (Å²) in [6, 6.07) is 23.1. The molecule has 5 heteroatoms. The van der Waals surface area contributed by atoms with Gasteiger partial charge in [-0.25, -0.2) is 0 Å². The van der Waals surface area contributed by atoms with Gasteiger partial charge in [0.25, 0.3) is 5.91 Å². The third-order valence-electron chi connectivity index (χ3n) is 3.86. The Morgan fingerprint density at radius 1 is 1.00 bits per heavy atom. The summed E-state index contributed by atoms with van der Waals surface area (Å²) in [5.41, 5.74) is 2.18. The second-order valence-electron chi connectivity index (χ2n) is 5.74. The van der Waals surface area contributed by atoms with Crippen LogP contribution in [0.3, 0.4) is 0 Å². The van der Waals surface area contributed by atoms with E-state index in [0.29, 0.717) is 12.2 Å². The summed E-state index contributed by atoms with van der Waals surface area (Å²) < 4.78 is 5.90. The van der Waals surface area contributed by atoms with Gasteiger partial charge >= 0.3 is 0 Å². The zero-order valence-electron chi connectivity index (χ0n) is 14.8. The Bertz CT molecular complexity index is 904. The molecule has 2 aromatic carbocycles. The van der Waals surface area contributed by atoms with Gasteiger partial charge in [0.15, 0.2) is 0 Å². The van der Waals surface area contributed by atoms with Crippen LogP contribution in [0.4, 0.5) is 0 Å². The minimum absolute atomic E-state index is 0.164. The van der Waals surface area contributed by atoms with E-state index in [9.17, 15) is 4.79 Å². The number of hydrogen-bond acceptors (Lipinski definition) is 4. The largest absolute Gasteiger partial charge is 0.481 e. The number of rotatable bonds is 8. The highest BCUT2D eigenvalue weighted by Crippen LogP contribution is 2.22. The fourth-order valence-electron chi connectivity index (χ4n) is 2.52. The van der Waals surface area contributed by atoms with Gasteiger partial charge in [0, 0.05) is 10.4 Å². The minimum atomic E-state index is -0.314. The predicted octanol–water partition coefficient (Wildman–Crippen LogP) is 4.65. The Morgan fingerprint density at radius 2 is 1.70 bits per heavy atom. The number of carbonyl (C=O) groups is 1. The van der Waals surface area contributed by atoms with E-state index in [1.807, 2.05) is 78.2 Å². The molecule has 3 rings (SSSR count). The topological polar surface area (TPSA) is 50.7 Å². The van der Waals surface area contributed by atoms with Gasteiger partial charge in [-0.3, -0.25) is 9.79 Å². The monoisotopic (exact) mass is 376 g/mol. The SMILES string of the molecule is C=N/C(=C(\OCc1ccccc1)C(=O)NCc1cccs1)c1ccccc1. The number of nitrogens with one attached hydrogen (secondary N) is 1. The molecular weight excluding hydrogens is 356 g/mol. The Labute approximate surface area is 162 Å². The first kappa shape index (κ1) is 18.6. The maximum Gasteiger partial charge on any atom is 0.288 e. The second-order valence-corrected chi connectivity index (χ2v) is 6.77. The Balaban J connectivity index is 1.85. The summed E-state index contributed by atoms with van der Waals surface area (Å²) in [7, 11) is 0. The predicted molar refractivity (Wildman–Crippen MR) is 110 cm³/mol. The molecule has 27 heavy (non-hydrogen) atoms. The van der Waals surface area contributed by atoms with Crippen molar-refractivity contribution in [3.63, 3.8) is 0 Å². The summed E-state index contributed by atoms with van der Waals surface area (Å²) in [6.45, 7) is 4.35. The molecule has 0 bridgehead atoms. The van der Waals surface area contributed by atoms with Crippen molar-refractivity contribution in [2.45, 2.75) is 13.2 Å². The van der Waals surface area contributed by atoms with Crippen LogP contribution in [0.2, 0.25) is 0 Å². The van der Waals surface area contributed by atoms with Crippen LogP contribution in [-0.4, -0.2) is 12.6 Å². The van der Waals surface area contributed by atoms with E-state index >= 15 is 0 Å². The molecule has 1 heterocycles. The average Bonchev–Trinajstić information content (AvgIpc) is 3.24. The van der Waals surface area contributed by atoms with Crippen molar-refractivity contribution in [3.05, 3.63) is 99.9 Å². The van der Waals surface area contributed by atoms with Gasteiger partial charge in [0.1, 0.15) is 12.3 Å². The van der Waals surface area contributed by atoms with Crippen molar-refractivity contribution in [3.8, 4) is 0 Å². The molecule has 0 spiro atoms. The highest BCUT2D eigenvalue weighted by Gasteiger charge is 2.18. The fraction of sp³-hybridized carbons (Fsp3) is 0.0909. The number of hydrogen-bond donors (Lipinski definition) is 1. The van der Waals surface area contributed by atoms with Gasteiger partial charge in [0.2, 0.25) is 5.76 Å². The van der Waals surface area contributed by atoms with E-state index < -0.39 is 0 Å². The van der Waals surface area contributed by atoms with Crippen molar-refractivity contribution in [2.75, 3.05) is 0 Å². The second kappa shape index (κ2) is 9.50. The van der Waals surface area contributed by atoms with E-state index in [1.54, 1.807) is 11.3 Å². The number of benzene rings is 2. The van der Waals surface area contributed by atoms with Gasteiger partial charge in [-0.2, -0.15) is 0 Å². The average molecular weight is 376 g/mol. The van der Waals surface area contributed by atoms with Crippen molar-refractivity contribution in [1.29, 1.82) is 0 Å². The van der Waals surface area contributed by atoms with Gasteiger partial charge in [-0.15, -0.1) is 11.3 Å². The molecule has 4 nitrogen and oxygen atoms in total. The van der Waals surface area contributed by atoms with Crippen LogP contribution in [0.15, 0.2) is 88.9 Å². The van der Waals surface area contributed by atoms with Crippen LogP contribution in [0.1, 0.15) is 16.0 Å². The van der Waals surface area contributed by atoms with Crippen LogP contribution in [-0.2, 0) is 22.7 Å². The molecule has 0 radical (unpaired) electrons. The van der Waals surface area contributed by atoms with E-state index in [4.69, 9.17) is 4.74 Å². The zero-order chi connectivity index (χ0) is 18.9. The lowest BCUT2D eigenvalue weighted by Gasteiger charge is -2.14. The van der Waals surface area contributed by atoms with E-state index in [1.165, 1.54) is 0 Å². The third kappa shape index (κ3) is 5.15. The molecule has 0 atom stereocenters. The zero-order valence-corrected chi connectivity index (χ0v) is 15.6. The molecule has 0 unspecified atom stereocenters. The van der Waals surface area contributed by atoms with Crippen molar-refractivity contribution in [2.24, 2.45) is 4.99 Å². The van der Waals surface area contributed by atoms with E-state index in [0.717, 1.165) is 16.0 Å². The Morgan fingerprint density at radius 3 is 2.33 bits per heavy atom. The van der Waals surface area contributed by atoms with Gasteiger partial charge in [-0.05, 0) is 23.7 Å². The van der Waals surface area contributed by atoms with Gasteiger partial charge in [-0.1, -0.05) is 66.7 Å². The van der Waals surface area contributed by atoms with Crippen molar-refractivity contribution < 1.29 is 9.53 Å². The molecule has 0 aliphatic rings. The van der Waals surface area contributed by atoms with Crippen LogP contribution in [0, 0.1) is 0 Å². The van der Waals surface area contributed by atoms with Gasteiger partial charge in [0.05, 0.1) is 6.54 Å². The van der Waals surface area contributed by atoms with Crippen LogP contribution < -0.4 is 5.32 Å². The quantitative estimate of drug-likeness (QED) is 0.353. The Kier molecular flexibility index (Phi) is 6.55. The molecule has 1 N–H and O–H groups in total. The van der Waals surface area contributed by atoms with Crippen molar-refractivity contribution in [1.82, 2.24) is 5.32 Å². The highest BCUT2D eigenvalue weighted by atomic mass is 32.1. The first-order valence-electron chi connectivity index (χ1n) is 8.51. The number of nitrogens with zero attached hydrogens (tertiary/aromatic N) is 1. The number of thiophene rings is 1. The molecule has 1 aromatic heterocycles. The number of amides is 1. The smallest absolute Gasteiger partial charge is 0.288 e. The van der Waals surface area contributed by atoms with Crippen LogP contribution in [0.25, 0.3) is 5.70 Å². The summed E-state index contributed by atoms with van der Waals surface area (Å²) in [5, 5.41) is 4.88. The molecule has 136 valence electrons. The lowest BCUT2D eigenvalue weighted by Crippen LogP contribution is -2.26. The molecule has 0 saturated carbocycles. The standard InChI is InChI=1S/C22H20N2O2S/c1-23-20(18-11-6-3-7-12-18)21(26-16-17-9-4-2-5-10-17)22(25)24-15-19-13-8-14-27-19/h2-14H,1,15-16H2,(H,24,25)/b21-20-. The maximum atomic E-state index is 12.9. The normalized spacial score (nSPS) is 11.4. The third-order valence-corrected chi connectivity index (χ3v) is 4.73. The first-order chi connectivity index (χ1) is 13.3. The summed E-state index contributed by atoms with van der Waals surface area (Å²) in [4.78, 5) is 18.0. The van der Waals surface area contributed by atoms with Crippen molar-refractivity contribution >= 4 is 29.7 Å². The summed E-state index contributed by atoms with van der Waals surface area (Å²) >= 11 is 1.59. The van der Waals surface area contributed by atoms with Crippen LogP contribution in [0.5, 0.6) is 0 Å². The number of aliphatic imine (C=N–C) groups is 1. The Hall–Kier alpha value is -3.18. The first-order valence-corrected chi connectivity index (χ1v) is 9.39. The van der Waals surface area contributed by atoms with Gasteiger partial charge < -0.3 is 10.1 Å². The minimum Gasteiger partial charge on any atom is -0.481 e. The number of ether oxygens (including phenoxy) is 1. The molecule has 0 aliphatic carbocycles. The molecule has 0 aliphatic heterocycles. The lowest BCUT2D eigenvalue weighted by molar-refractivity contribution is -0.121. The molecule has 1 amide bonds. The summed E-state index contributed by atoms with van der Waals surface area (Å²) in [5.74, 6) is -0.151. The maximum absolute atomic E-state index is 12.9. The molecule has 0 fully saturated rings. The highest BCUT2D eigenvalue weighted by molar-refractivity contribution is 7.09. The lowest BCUT2D eigenvalue weighted by atomic mass is 10.1. The fourth-order valence-corrected chi connectivity index (χ4v) is 3.17. The van der Waals surface area contributed by atoms with E-state index in [2.05, 4.69) is 17.0 Å². The molecular formula is C22H20N2O2S. The van der Waals surface area contributed by atoms with E-state index in [-0.39, 0.29) is 18.3 Å².